The SMILES string of the molecule is CC(C(=O)NCC(C(C)C)C(C)C)C(N)=S. The second-order valence-corrected chi connectivity index (χ2v) is 5.49. The van der Waals surface area contributed by atoms with Gasteiger partial charge in [-0.15, -0.1) is 0 Å². The molecule has 3 N–H and O–H groups in total. The van der Waals surface area contributed by atoms with E-state index in [1.54, 1.807) is 6.92 Å². The van der Waals surface area contributed by atoms with Crippen LogP contribution in [0.1, 0.15) is 34.6 Å². The van der Waals surface area contributed by atoms with E-state index in [0.717, 1.165) is 0 Å². The first-order chi connectivity index (χ1) is 7.27. The van der Waals surface area contributed by atoms with Crippen LogP contribution in [0, 0.1) is 23.7 Å². The van der Waals surface area contributed by atoms with Crippen molar-refractivity contribution < 1.29 is 4.79 Å². The number of nitrogens with two attached hydrogens (primary N) is 1. The lowest BCUT2D eigenvalue weighted by Gasteiger charge is -2.25. The lowest BCUT2D eigenvalue weighted by Crippen LogP contribution is -2.40. The Bertz CT molecular complexity index is 243. The highest BCUT2D eigenvalue weighted by atomic mass is 32.1. The standard InChI is InChI=1S/C12H24N2OS/c1-7(2)10(8(3)4)6-14-12(15)9(5)11(13)16/h7-10H,6H2,1-5H3,(H2,13,16)(H,14,15). The van der Waals surface area contributed by atoms with E-state index >= 15 is 0 Å². The molecule has 0 spiro atoms. The number of hydrogen-bond acceptors (Lipinski definition) is 2. The van der Waals surface area contributed by atoms with Crippen molar-refractivity contribution >= 4 is 23.1 Å². The van der Waals surface area contributed by atoms with Gasteiger partial charge >= 0.3 is 0 Å². The molecule has 4 heteroatoms. The van der Waals surface area contributed by atoms with Gasteiger partial charge in [-0.1, -0.05) is 39.9 Å². The smallest absolute Gasteiger partial charge is 0.229 e. The molecule has 0 heterocycles. The molecule has 0 radical (unpaired) electrons. The van der Waals surface area contributed by atoms with Crippen molar-refractivity contribution in [3.63, 3.8) is 0 Å². The number of hydrogen-bond donors (Lipinski definition) is 2. The average Bonchev–Trinajstić information content (AvgIpc) is 2.15. The zero-order valence-electron chi connectivity index (χ0n) is 10.9. The molecule has 1 atom stereocenters. The predicted molar refractivity (Wildman–Crippen MR) is 72.1 cm³/mol. The maximum atomic E-state index is 11.7. The second-order valence-electron chi connectivity index (χ2n) is 5.02. The molecule has 0 aliphatic rings. The molecule has 0 bridgehead atoms. The Hall–Kier alpha value is -0.640. The number of carbonyl (C=O) groups excluding carboxylic acids is 1. The van der Waals surface area contributed by atoms with Crippen molar-refractivity contribution in [2.75, 3.05) is 6.54 Å². The Morgan fingerprint density at radius 1 is 1.19 bits per heavy atom. The van der Waals surface area contributed by atoms with Gasteiger partial charge in [0.15, 0.2) is 0 Å². The topological polar surface area (TPSA) is 55.1 Å². The number of amides is 1. The Kier molecular flexibility index (Phi) is 6.56. The quantitative estimate of drug-likeness (QED) is 0.702. The summed E-state index contributed by atoms with van der Waals surface area (Å²) < 4.78 is 0. The molecule has 0 aromatic rings. The number of rotatable bonds is 6. The molecule has 1 amide bonds. The van der Waals surface area contributed by atoms with Crippen molar-refractivity contribution in [2.45, 2.75) is 34.6 Å². The van der Waals surface area contributed by atoms with Gasteiger partial charge in [-0.25, -0.2) is 0 Å². The van der Waals surface area contributed by atoms with Gasteiger partial charge in [0.2, 0.25) is 5.91 Å². The van der Waals surface area contributed by atoms with Crippen LogP contribution in [0.15, 0.2) is 0 Å². The Balaban J connectivity index is 4.22. The minimum absolute atomic E-state index is 0.0706. The first-order valence-electron chi connectivity index (χ1n) is 5.84. The van der Waals surface area contributed by atoms with Crippen molar-refractivity contribution in [3.05, 3.63) is 0 Å². The van der Waals surface area contributed by atoms with Crippen LogP contribution in [0.25, 0.3) is 0 Å². The van der Waals surface area contributed by atoms with Crippen molar-refractivity contribution in [3.8, 4) is 0 Å². The van der Waals surface area contributed by atoms with Gasteiger partial charge in [0, 0.05) is 6.54 Å². The first kappa shape index (κ1) is 15.4. The summed E-state index contributed by atoms with van der Waals surface area (Å²) in [7, 11) is 0. The van der Waals surface area contributed by atoms with E-state index in [1.807, 2.05) is 0 Å². The van der Waals surface area contributed by atoms with Gasteiger partial charge < -0.3 is 11.1 Å². The Morgan fingerprint density at radius 3 is 1.94 bits per heavy atom. The van der Waals surface area contributed by atoms with Gasteiger partial charge in [0.05, 0.1) is 10.9 Å². The van der Waals surface area contributed by atoms with Gasteiger partial charge in [-0.05, 0) is 24.7 Å². The Labute approximate surface area is 104 Å². The molecule has 16 heavy (non-hydrogen) atoms. The zero-order valence-corrected chi connectivity index (χ0v) is 11.7. The van der Waals surface area contributed by atoms with E-state index < -0.39 is 0 Å². The molecule has 1 unspecified atom stereocenters. The maximum Gasteiger partial charge on any atom is 0.229 e. The van der Waals surface area contributed by atoms with Crippen molar-refractivity contribution in [1.82, 2.24) is 5.32 Å². The molecular weight excluding hydrogens is 220 g/mol. The number of carbonyl (C=O) groups is 1. The first-order valence-corrected chi connectivity index (χ1v) is 6.25. The summed E-state index contributed by atoms with van der Waals surface area (Å²) in [5, 5.41) is 2.92. The van der Waals surface area contributed by atoms with E-state index in [-0.39, 0.29) is 16.8 Å². The normalized spacial score (nSPS) is 13.2. The number of thiocarbonyl (C=S) groups is 1. The van der Waals surface area contributed by atoms with Crippen LogP contribution in [0.4, 0.5) is 0 Å². The van der Waals surface area contributed by atoms with Gasteiger partial charge in [0.25, 0.3) is 0 Å². The summed E-state index contributed by atoms with van der Waals surface area (Å²) in [6, 6.07) is 0. The largest absolute Gasteiger partial charge is 0.393 e. The van der Waals surface area contributed by atoms with E-state index in [1.165, 1.54) is 0 Å². The van der Waals surface area contributed by atoms with Crippen LogP contribution >= 0.6 is 12.2 Å². The fourth-order valence-corrected chi connectivity index (χ4v) is 1.85. The molecule has 0 fully saturated rings. The van der Waals surface area contributed by atoms with Crippen LogP contribution in [-0.2, 0) is 4.79 Å². The lowest BCUT2D eigenvalue weighted by atomic mass is 9.85. The third-order valence-electron chi connectivity index (χ3n) is 3.04. The molecule has 0 rings (SSSR count). The molecule has 94 valence electrons. The summed E-state index contributed by atoms with van der Waals surface area (Å²) in [4.78, 5) is 11.9. The third kappa shape index (κ3) is 4.92. The van der Waals surface area contributed by atoms with Gasteiger partial charge in [0.1, 0.15) is 0 Å². The third-order valence-corrected chi connectivity index (χ3v) is 3.40. The summed E-state index contributed by atoms with van der Waals surface area (Å²) in [5.41, 5.74) is 5.43. The molecule has 0 aromatic carbocycles. The predicted octanol–water partition coefficient (Wildman–Crippen LogP) is 1.95. The minimum atomic E-state index is -0.380. The molecule has 0 aliphatic carbocycles. The second kappa shape index (κ2) is 6.84. The van der Waals surface area contributed by atoms with Crippen LogP contribution < -0.4 is 11.1 Å². The molecule has 0 saturated carbocycles. The van der Waals surface area contributed by atoms with E-state index in [9.17, 15) is 4.79 Å². The fourth-order valence-electron chi connectivity index (χ4n) is 1.74. The molecular formula is C12H24N2OS. The van der Waals surface area contributed by atoms with Crippen LogP contribution in [0.3, 0.4) is 0 Å². The minimum Gasteiger partial charge on any atom is -0.393 e. The fraction of sp³-hybridized carbons (Fsp3) is 0.833. The number of nitrogens with one attached hydrogen (secondary N) is 1. The average molecular weight is 244 g/mol. The molecule has 0 aliphatic heterocycles. The summed E-state index contributed by atoms with van der Waals surface area (Å²) in [6.45, 7) is 11.1. The van der Waals surface area contributed by atoms with E-state index in [2.05, 4.69) is 33.0 Å². The summed E-state index contributed by atoms with van der Waals surface area (Å²) in [5.74, 6) is 1.15. The van der Waals surface area contributed by atoms with Crippen LogP contribution in [-0.4, -0.2) is 17.4 Å². The highest BCUT2D eigenvalue weighted by molar-refractivity contribution is 7.80. The summed E-state index contributed by atoms with van der Waals surface area (Å²) >= 11 is 4.79. The van der Waals surface area contributed by atoms with Crippen molar-refractivity contribution in [2.24, 2.45) is 29.4 Å². The van der Waals surface area contributed by atoms with Gasteiger partial charge in [-0.3, -0.25) is 4.79 Å². The van der Waals surface area contributed by atoms with Crippen LogP contribution in [0.2, 0.25) is 0 Å². The van der Waals surface area contributed by atoms with E-state index in [4.69, 9.17) is 18.0 Å². The van der Waals surface area contributed by atoms with Gasteiger partial charge in [-0.2, -0.15) is 0 Å². The summed E-state index contributed by atoms with van der Waals surface area (Å²) in [6.07, 6.45) is 0. The molecule has 0 saturated heterocycles. The maximum absolute atomic E-state index is 11.7. The monoisotopic (exact) mass is 244 g/mol. The zero-order chi connectivity index (χ0) is 12.9. The highest BCUT2D eigenvalue weighted by Gasteiger charge is 2.20. The van der Waals surface area contributed by atoms with Crippen molar-refractivity contribution in [1.29, 1.82) is 0 Å². The molecule has 3 nitrogen and oxygen atoms in total. The Morgan fingerprint density at radius 2 is 1.62 bits per heavy atom. The molecule has 0 aromatic heterocycles. The van der Waals surface area contributed by atoms with E-state index in [0.29, 0.717) is 24.3 Å². The van der Waals surface area contributed by atoms with Crippen LogP contribution in [0.5, 0.6) is 0 Å². The highest BCUT2D eigenvalue weighted by Crippen LogP contribution is 2.19. The lowest BCUT2D eigenvalue weighted by molar-refractivity contribution is -0.122.